The van der Waals surface area contributed by atoms with Crippen LogP contribution in [0.3, 0.4) is 0 Å². The van der Waals surface area contributed by atoms with Crippen molar-refractivity contribution in [2.24, 2.45) is 5.16 Å². The van der Waals surface area contributed by atoms with Crippen molar-refractivity contribution in [2.45, 2.75) is 0 Å². The number of amides is 1. The number of halogens is 2. The van der Waals surface area contributed by atoms with Crippen LogP contribution in [0.15, 0.2) is 62.8 Å². The van der Waals surface area contributed by atoms with E-state index < -0.39 is 5.82 Å². The van der Waals surface area contributed by atoms with Crippen LogP contribution in [0.4, 0.5) is 15.9 Å². The molecule has 0 aliphatic heterocycles. The Morgan fingerprint density at radius 1 is 1.17 bits per heavy atom. The maximum atomic E-state index is 13.4. The fraction of sp³-hybridized carbons (Fsp3) is 0.111. The number of oxime groups is 1. The summed E-state index contributed by atoms with van der Waals surface area (Å²) in [7, 11) is 0. The summed E-state index contributed by atoms with van der Waals surface area (Å²) in [4.78, 5) is 12.0. The lowest BCUT2D eigenvalue weighted by Crippen LogP contribution is -2.29. The average molecular weight is 463 g/mol. The number of nitrogens with one attached hydrogen (secondary N) is 3. The Hall–Kier alpha value is -3.47. The van der Waals surface area contributed by atoms with Crippen LogP contribution in [0.1, 0.15) is 16.1 Å². The standard InChI is InChI=1S/C18H16BrFN6O3/c19-13-10-12(6-7-14(13)20)23-17(24-28)15-16(26-29-25-15)21-8-9-22-18(27)11-4-2-1-3-5-11/h1-7,10,28H,8-9H2,(H,21,26)(H,22,27)(H,23,24). The van der Waals surface area contributed by atoms with Crippen molar-refractivity contribution in [3.63, 3.8) is 0 Å². The zero-order valence-corrected chi connectivity index (χ0v) is 16.5. The van der Waals surface area contributed by atoms with Gasteiger partial charge in [-0.15, -0.1) is 0 Å². The second-order valence-corrected chi connectivity index (χ2v) is 6.57. The second-order valence-electron chi connectivity index (χ2n) is 5.71. The maximum Gasteiger partial charge on any atom is 0.251 e. The third kappa shape index (κ3) is 5.29. The second kappa shape index (κ2) is 9.64. The minimum atomic E-state index is -0.430. The summed E-state index contributed by atoms with van der Waals surface area (Å²) in [5, 5.41) is 28.4. The van der Waals surface area contributed by atoms with Gasteiger partial charge in [0.2, 0.25) is 11.7 Å². The Balaban J connectivity index is 1.57. The third-order valence-electron chi connectivity index (χ3n) is 3.73. The quantitative estimate of drug-likeness (QED) is 0.140. The monoisotopic (exact) mass is 462 g/mol. The molecule has 0 fully saturated rings. The number of amidine groups is 1. The molecule has 0 spiro atoms. The van der Waals surface area contributed by atoms with Crippen molar-refractivity contribution in [1.82, 2.24) is 15.6 Å². The summed E-state index contributed by atoms with van der Waals surface area (Å²) < 4.78 is 18.3. The molecule has 0 aliphatic carbocycles. The van der Waals surface area contributed by atoms with Crippen molar-refractivity contribution in [2.75, 3.05) is 23.7 Å². The molecule has 3 rings (SSSR count). The van der Waals surface area contributed by atoms with Gasteiger partial charge in [-0.3, -0.25) is 4.79 Å². The van der Waals surface area contributed by atoms with Crippen LogP contribution in [0.2, 0.25) is 0 Å². The van der Waals surface area contributed by atoms with Gasteiger partial charge in [-0.1, -0.05) is 23.4 Å². The molecule has 0 unspecified atom stereocenters. The fourth-order valence-corrected chi connectivity index (χ4v) is 2.73. The first kappa shape index (κ1) is 20.3. The average Bonchev–Trinajstić information content (AvgIpc) is 3.20. The van der Waals surface area contributed by atoms with Gasteiger partial charge in [0.15, 0.2) is 5.69 Å². The summed E-state index contributed by atoms with van der Waals surface area (Å²) in [5.41, 5.74) is 1.12. The topological polar surface area (TPSA) is 125 Å². The molecule has 0 atom stereocenters. The number of nitrogens with zero attached hydrogens (tertiary/aromatic N) is 3. The molecule has 0 radical (unpaired) electrons. The zero-order valence-electron chi connectivity index (χ0n) is 14.9. The highest BCUT2D eigenvalue weighted by molar-refractivity contribution is 9.10. The Labute approximate surface area is 173 Å². The molecule has 0 saturated carbocycles. The van der Waals surface area contributed by atoms with E-state index in [2.05, 4.69) is 47.3 Å². The highest BCUT2D eigenvalue weighted by Crippen LogP contribution is 2.21. The zero-order chi connectivity index (χ0) is 20.6. The Morgan fingerprint density at radius 3 is 2.69 bits per heavy atom. The number of carbonyl (C=O) groups excluding carboxylic acids is 1. The number of rotatable bonds is 7. The molecule has 29 heavy (non-hydrogen) atoms. The highest BCUT2D eigenvalue weighted by atomic mass is 79.9. The molecule has 4 N–H and O–H groups in total. The van der Waals surface area contributed by atoms with E-state index in [1.54, 1.807) is 24.3 Å². The largest absolute Gasteiger partial charge is 0.409 e. The Morgan fingerprint density at radius 2 is 1.97 bits per heavy atom. The van der Waals surface area contributed by atoms with Crippen LogP contribution in [0.5, 0.6) is 0 Å². The van der Waals surface area contributed by atoms with Crippen LogP contribution in [-0.2, 0) is 0 Å². The smallest absolute Gasteiger partial charge is 0.251 e. The van der Waals surface area contributed by atoms with Crippen molar-refractivity contribution in [3.05, 3.63) is 70.1 Å². The molecule has 1 amide bonds. The fourth-order valence-electron chi connectivity index (χ4n) is 2.35. The van der Waals surface area contributed by atoms with Crippen LogP contribution in [-0.4, -0.2) is 40.4 Å². The van der Waals surface area contributed by atoms with Crippen molar-refractivity contribution in [3.8, 4) is 0 Å². The van der Waals surface area contributed by atoms with E-state index in [1.807, 2.05) is 6.07 Å². The van der Waals surface area contributed by atoms with Gasteiger partial charge in [0.1, 0.15) is 5.82 Å². The number of hydrogen-bond acceptors (Lipinski definition) is 7. The van der Waals surface area contributed by atoms with E-state index in [9.17, 15) is 14.4 Å². The summed E-state index contributed by atoms with van der Waals surface area (Å²) in [6.45, 7) is 0.630. The molecule has 1 aromatic heterocycles. The summed E-state index contributed by atoms with van der Waals surface area (Å²) in [6, 6.07) is 13.0. The number of carbonyl (C=O) groups is 1. The van der Waals surface area contributed by atoms with E-state index in [0.29, 0.717) is 24.3 Å². The lowest BCUT2D eigenvalue weighted by molar-refractivity contribution is 0.0955. The Bertz CT molecular complexity index is 1010. The van der Waals surface area contributed by atoms with Crippen LogP contribution >= 0.6 is 15.9 Å². The van der Waals surface area contributed by atoms with E-state index in [4.69, 9.17) is 4.63 Å². The van der Waals surface area contributed by atoms with Crippen molar-refractivity contribution in [1.29, 1.82) is 0 Å². The maximum absolute atomic E-state index is 13.4. The molecule has 3 aromatic rings. The first-order valence-electron chi connectivity index (χ1n) is 8.42. The lowest BCUT2D eigenvalue weighted by atomic mass is 10.2. The normalized spacial score (nSPS) is 11.2. The van der Waals surface area contributed by atoms with Gasteiger partial charge in [-0.05, 0) is 56.6 Å². The first-order valence-corrected chi connectivity index (χ1v) is 9.22. The van der Waals surface area contributed by atoms with Crippen molar-refractivity contribution >= 4 is 39.2 Å². The van der Waals surface area contributed by atoms with Gasteiger partial charge in [0.25, 0.3) is 5.91 Å². The minimum absolute atomic E-state index is 0.0550. The van der Waals surface area contributed by atoms with Gasteiger partial charge in [-0.2, -0.15) is 0 Å². The molecular formula is C18H16BrFN6O3. The molecule has 2 aromatic carbocycles. The first-order chi connectivity index (χ1) is 14.1. The molecular weight excluding hydrogens is 447 g/mol. The van der Waals surface area contributed by atoms with E-state index in [0.717, 1.165) is 0 Å². The third-order valence-corrected chi connectivity index (χ3v) is 4.34. The van der Waals surface area contributed by atoms with Crippen LogP contribution in [0.25, 0.3) is 0 Å². The highest BCUT2D eigenvalue weighted by Gasteiger charge is 2.18. The summed E-state index contributed by atoms with van der Waals surface area (Å²) in [5.74, 6) is -0.478. The molecule has 150 valence electrons. The number of anilines is 2. The minimum Gasteiger partial charge on any atom is -0.409 e. The van der Waals surface area contributed by atoms with E-state index >= 15 is 0 Å². The Kier molecular flexibility index (Phi) is 6.74. The molecule has 0 bridgehead atoms. The van der Waals surface area contributed by atoms with Crippen LogP contribution in [0, 0.1) is 5.82 Å². The predicted octanol–water partition coefficient (Wildman–Crippen LogP) is 3.06. The molecule has 0 saturated heterocycles. The molecule has 11 heteroatoms. The van der Waals surface area contributed by atoms with Gasteiger partial charge < -0.3 is 21.2 Å². The summed E-state index contributed by atoms with van der Waals surface area (Å²) in [6.07, 6.45) is 0. The van der Waals surface area contributed by atoms with Gasteiger partial charge in [0.05, 0.1) is 4.47 Å². The molecule has 0 aliphatic rings. The van der Waals surface area contributed by atoms with Crippen molar-refractivity contribution < 1.29 is 19.0 Å². The van der Waals surface area contributed by atoms with Gasteiger partial charge in [-0.25, -0.2) is 9.02 Å². The molecule has 1 heterocycles. The number of hydrogen-bond donors (Lipinski definition) is 4. The summed E-state index contributed by atoms with van der Waals surface area (Å²) >= 11 is 3.08. The number of benzene rings is 2. The molecule has 9 nitrogen and oxygen atoms in total. The number of aromatic nitrogens is 2. The van der Waals surface area contributed by atoms with Gasteiger partial charge >= 0.3 is 0 Å². The van der Waals surface area contributed by atoms with Gasteiger partial charge in [0, 0.05) is 24.3 Å². The van der Waals surface area contributed by atoms with E-state index in [-0.39, 0.29) is 27.7 Å². The lowest BCUT2D eigenvalue weighted by Gasteiger charge is -2.09. The SMILES string of the molecule is O=C(NCCNc1nonc1C(=NO)Nc1ccc(F)c(Br)c1)c1ccccc1. The van der Waals surface area contributed by atoms with E-state index in [1.165, 1.54) is 18.2 Å². The predicted molar refractivity (Wildman–Crippen MR) is 108 cm³/mol. The van der Waals surface area contributed by atoms with Crippen LogP contribution < -0.4 is 16.0 Å².